The minimum absolute atomic E-state index is 0.193. The summed E-state index contributed by atoms with van der Waals surface area (Å²) in [7, 11) is -3.51. The van der Waals surface area contributed by atoms with Gasteiger partial charge in [-0.2, -0.15) is 4.31 Å². The van der Waals surface area contributed by atoms with Crippen molar-refractivity contribution in [3.63, 3.8) is 0 Å². The van der Waals surface area contributed by atoms with Crippen LogP contribution < -0.4 is 4.74 Å². The Morgan fingerprint density at radius 3 is 2.31 bits per heavy atom. The molecule has 2 aromatic rings. The first kappa shape index (κ1) is 18.9. The molecule has 1 fully saturated rings. The van der Waals surface area contributed by atoms with E-state index in [1.807, 2.05) is 0 Å². The zero-order chi connectivity index (χ0) is 18.7. The maximum atomic E-state index is 12.6. The van der Waals surface area contributed by atoms with Crippen molar-refractivity contribution in [3.8, 4) is 5.75 Å². The highest BCUT2D eigenvalue weighted by Crippen LogP contribution is 2.24. The van der Waals surface area contributed by atoms with Crippen LogP contribution in [-0.4, -0.2) is 31.8 Å². The number of hydrogen-bond donors (Lipinski definition) is 0. The zero-order valence-corrected chi connectivity index (χ0v) is 16.0. The highest BCUT2D eigenvalue weighted by atomic mass is 35.5. The molecule has 138 valence electrons. The van der Waals surface area contributed by atoms with Crippen LogP contribution in [-0.2, 0) is 10.0 Å². The fourth-order valence-corrected chi connectivity index (χ4v) is 4.65. The second-order valence-electron chi connectivity index (χ2n) is 6.29. The molecule has 1 heterocycles. The Kier molecular flexibility index (Phi) is 5.65. The van der Waals surface area contributed by atoms with Gasteiger partial charge in [0.05, 0.1) is 10.5 Å². The summed E-state index contributed by atoms with van der Waals surface area (Å²) in [5, 5.41) is 0.564. The van der Waals surface area contributed by atoms with E-state index in [0.29, 0.717) is 23.9 Å². The minimum Gasteiger partial charge on any atom is -0.423 e. The third kappa shape index (κ3) is 4.09. The van der Waals surface area contributed by atoms with Crippen LogP contribution in [0.3, 0.4) is 0 Å². The number of hydrogen-bond acceptors (Lipinski definition) is 4. The maximum absolute atomic E-state index is 12.6. The van der Waals surface area contributed by atoms with E-state index in [0.717, 1.165) is 24.8 Å². The quantitative estimate of drug-likeness (QED) is 0.580. The predicted octanol–water partition coefficient (Wildman–Crippen LogP) is 4.04. The zero-order valence-electron chi connectivity index (χ0n) is 14.4. The van der Waals surface area contributed by atoms with Crippen LogP contribution in [0.4, 0.5) is 0 Å². The van der Waals surface area contributed by atoms with Gasteiger partial charge in [-0.25, -0.2) is 13.2 Å². The molecule has 3 rings (SSSR count). The standard InChI is InChI=1S/C19H20ClNO4S/c1-14-13-16(20)7-10-18(14)25-19(22)15-5-8-17(9-6-15)26(23,24)21-11-3-2-4-12-21/h5-10,13H,2-4,11-12H2,1H3. The molecule has 0 N–H and O–H groups in total. The Morgan fingerprint density at radius 2 is 1.69 bits per heavy atom. The van der Waals surface area contributed by atoms with E-state index in [9.17, 15) is 13.2 Å². The van der Waals surface area contributed by atoms with Gasteiger partial charge in [-0.3, -0.25) is 0 Å². The first-order valence-corrected chi connectivity index (χ1v) is 10.3. The first-order chi connectivity index (χ1) is 12.4. The van der Waals surface area contributed by atoms with Crippen molar-refractivity contribution in [2.24, 2.45) is 0 Å². The molecule has 7 heteroatoms. The van der Waals surface area contributed by atoms with Crippen molar-refractivity contribution in [2.45, 2.75) is 31.1 Å². The van der Waals surface area contributed by atoms with Gasteiger partial charge >= 0.3 is 5.97 Å². The molecule has 1 aliphatic rings. The molecule has 1 aliphatic heterocycles. The molecule has 0 spiro atoms. The van der Waals surface area contributed by atoms with Crippen molar-refractivity contribution in [1.29, 1.82) is 0 Å². The molecular weight excluding hydrogens is 374 g/mol. The Bertz CT molecular complexity index is 904. The van der Waals surface area contributed by atoms with Crippen LogP contribution in [0.15, 0.2) is 47.4 Å². The normalized spacial score (nSPS) is 15.6. The number of aryl methyl sites for hydroxylation is 1. The van der Waals surface area contributed by atoms with E-state index >= 15 is 0 Å². The second kappa shape index (κ2) is 7.78. The van der Waals surface area contributed by atoms with E-state index in [-0.39, 0.29) is 10.5 Å². The van der Waals surface area contributed by atoms with Crippen LogP contribution >= 0.6 is 11.6 Å². The van der Waals surface area contributed by atoms with E-state index in [1.165, 1.54) is 28.6 Å². The lowest BCUT2D eigenvalue weighted by molar-refractivity contribution is 0.0733. The molecule has 26 heavy (non-hydrogen) atoms. The molecule has 0 amide bonds. The molecule has 0 bridgehead atoms. The van der Waals surface area contributed by atoms with Gasteiger partial charge in [0, 0.05) is 18.1 Å². The molecule has 0 saturated carbocycles. The summed E-state index contributed by atoms with van der Waals surface area (Å²) in [6.07, 6.45) is 2.81. The summed E-state index contributed by atoms with van der Waals surface area (Å²) in [6, 6.07) is 10.8. The van der Waals surface area contributed by atoms with E-state index in [4.69, 9.17) is 16.3 Å². The summed E-state index contributed by atoms with van der Waals surface area (Å²) in [4.78, 5) is 12.5. The summed E-state index contributed by atoms with van der Waals surface area (Å²) in [5.41, 5.74) is 1.03. The fourth-order valence-electron chi connectivity index (χ4n) is 2.90. The highest BCUT2D eigenvalue weighted by molar-refractivity contribution is 7.89. The van der Waals surface area contributed by atoms with Gasteiger partial charge in [-0.05, 0) is 67.8 Å². The van der Waals surface area contributed by atoms with Crippen LogP contribution in [0.5, 0.6) is 5.75 Å². The lowest BCUT2D eigenvalue weighted by Gasteiger charge is -2.25. The SMILES string of the molecule is Cc1cc(Cl)ccc1OC(=O)c1ccc(S(=O)(=O)N2CCCCC2)cc1. The van der Waals surface area contributed by atoms with E-state index in [1.54, 1.807) is 25.1 Å². The Balaban J connectivity index is 1.75. The van der Waals surface area contributed by atoms with Gasteiger partial charge in [-0.15, -0.1) is 0 Å². The largest absolute Gasteiger partial charge is 0.423 e. The van der Waals surface area contributed by atoms with Gasteiger partial charge in [-0.1, -0.05) is 18.0 Å². The minimum atomic E-state index is -3.51. The van der Waals surface area contributed by atoms with Crippen LogP contribution in [0, 0.1) is 6.92 Å². The average Bonchev–Trinajstić information content (AvgIpc) is 2.65. The van der Waals surface area contributed by atoms with E-state index in [2.05, 4.69) is 0 Å². The van der Waals surface area contributed by atoms with Gasteiger partial charge in [0.1, 0.15) is 5.75 Å². The predicted molar refractivity (Wildman–Crippen MR) is 100 cm³/mol. The molecule has 2 aromatic carbocycles. The number of carbonyl (C=O) groups excluding carboxylic acids is 1. The summed E-state index contributed by atoms with van der Waals surface area (Å²) >= 11 is 5.89. The first-order valence-electron chi connectivity index (χ1n) is 8.46. The number of piperidine rings is 1. The maximum Gasteiger partial charge on any atom is 0.343 e. The van der Waals surface area contributed by atoms with E-state index < -0.39 is 16.0 Å². The molecule has 0 aromatic heterocycles. The lowest BCUT2D eigenvalue weighted by atomic mass is 10.2. The molecule has 0 atom stereocenters. The number of esters is 1. The number of benzene rings is 2. The van der Waals surface area contributed by atoms with Crippen molar-refractivity contribution < 1.29 is 17.9 Å². The highest BCUT2D eigenvalue weighted by Gasteiger charge is 2.26. The van der Waals surface area contributed by atoms with Crippen molar-refractivity contribution in [3.05, 3.63) is 58.6 Å². The molecule has 5 nitrogen and oxygen atoms in total. The van der Waals surface area contributed by atoms with Gasteiger partial charge < -0.3 is 4.74 Å². The van der Waals surface area contributed by atoms with Crippen LogP contribution in [0.25, 0.3) is 0 Å². The topological polar surface area (TPSA) is 63.7 Å². The van der Waals surface area contributed by atoms with Crippen molar-refractivity contribution in [1.82, 2.24) is 4.31 Å². The number of carbonyl (C=O) groups is 1. The van der Waals surface area contributed by atoms with Crippen molar-refractivity contribution >= 4 is 27.6 Å². The number of sulfonamides is 1. The number of rotatable bonds is 4. The number of nitrogens with zero attached hydrogens (tertiary/aromatic N) is 1. The number of ether oxygens (including phenoxy) is 1. The Hall–Kier alpha value is -1.89. The lowest BCUT2D eigenvalue weighted by Crippen LogP contribution is -2.35. The summed E-state index contributed by atoms with van der Waals surface area (Å²) < 4.78 is 32.1. The smallest absolute Gasteiger partial charge is 0.343 e. The third-order valence-electron chi connectivity index (χ3n) is 4.38. The molecule has 0 radical (unpaired) electrons. The van der Waals surface area contributed by atoms with Crippen molar-refractivity contribution in [2.75, 3.05) is 13.1 Å². The molecule has 0 unspecified atom stereocenters. The summed E-state index contributed by atoms with van der Waals surface area (Å²) in [6.45, 7) is 2.88. The Morgan fingerprint density at radius 1 is 1.04 bits per heavy atom. The Labute approximate surface area is 158 Å². The monoisotopic (exact) mass is 393 g/mol. The third-order valence-corrected chi connectivity index (χ3v) is 6.53. The number of halogens is 1. The van der Waals surface area contributed by atoms with Gasteiger partial charge in [0.15, 0.2) is 0 Å². The summed E-state index contributed by atoms with van der Waals surface area (Å²) in [5.74, 6) is -0.123. The van der Waals surface area contributed by atoms with Gasteiger partial charge in [0.2, 0.25) is 10.0 Å². The fraction of sp³-hybridized carbons (Fsp3) is 0.316. The second-order valence-corrected chi connectivity index (χ2v) is 8.66. The molecule has 1 saturated heterocycles. The van der Waals surface area contributed by atoms with Crippen LogP contribution in [0.2, 0.25) is 5.02 Å². The molecular formula is C19H20ClNO4S. The molecule has 0 aliphatic carbocycles. The average molecular weight is 394 g/mol. The van der Waals surface area contributed by atoms with Gasteiger partial charge in [0.25, 0.3) is 0 Å². The van der Waals surface area contributed by atoms with Crippen LogP contribution in [0.1, 0.15) is 35.2 Å².